The number of amides is 1. The van der Waals surface area contributed by atoms with Crippen LogP contribution in [0.3, 0.4) is 0 Å². The monoisotopic (exact) mass is 274 g/mol. The van der Waals surface area contributed by atoms with Crippen LogP contribution in [0.1, 0.15) is 10.4 Å². The fourth-order valence-corrected chi connectivity index (χ4v) is 2.01. The maximum Gasteiger partial charge on any atom is 0.251 e. The lowest BCUT2D eigenvalue weighted by atomic mass is 10.2. The van der Waals surface area contributed by atoms with Crippen molar-refractivity contribution in [1.82, 2.24) is 5.32 Å². The fraction of sp³-hybridized carbons (Fsp3) is 0.100. The molecule has 0 unspecified atom stereocenters. The lowest BCUT2D eigenvalue weighted by Gasteiger charge is -2.05. The Labute approximate surface area is 104 Å². The molecule has 0 atom stereocenters. The standard InChI is InChI=1S/C10H11ClN2O3S/c1-2-3-13-10(14)7-4-8(11)6-9(5-7)17(12,15)16/h2,4-6H,1,3H2,(H,13,14)(H2,12,15,16). The Morgan fingerprint density at radius 1 is 1.47 bits per heavy atom. The fourth-order valence-electron chi connectivity index (χ4n) is 1.13. The van der Waals surface area contributed by atoms with E-state index >= 15 is 0 Å². The summed E-state index contributed by atoms with van der Waals surface area (Å²) in [4.78, 5) is 11.4. The van der Waals surface area contributed by atoms with E-state index < -0.39 is 15.9 Å². The van der Waals surface area contributed by atoms with Crippen LogP contribution in [0.4, 0.5) is 0 Å². The van der Waals surface area contributed by atoms with Gasteiger partial charge >= 0.3 is 0 Å². The van der Waals surface area contributed by atoms with Crippen LogP contribution in [0.5, 0.6) is 0 Å². The molecule has 92 valence electrons. The van der Waals surface area contributed by atoms with Crippen molar-refractivity contribution in [1.29, 1.82) is 0 Å². The summed E-state index contributed by atoms with van der Waals surface area (Å²) in [6, 6.07) is 3.70. The number of sulfonamides is 1. The van der Waals surface area contributed by atoms with Crippen molar-refractivity contribution in [2.75, 3.05) is 6.54 Å². The number of benzene rings is 1. The smallest absolute Gasteiger partial charge is 0.251 e. The molecule has 0 spiro atoms. The molecule has 0 heterocycles. The molecule has 7 heteroatoms. The first kappa shape index (κ1) is 13.7. The van der Waals surface area contributed by atoms with Crippen molar-refractivity contribution >= 4 is 27.5 Å². The Hall–Kier alpha value is -1.37. The number of nitrogens with one attached hydrogen (secondary N) is 1. The van der Waals surface area contributed by atoms with Crippen LogP contribution in [0.15, 0.2) is 35.7 Å². The van der Waals surface area contributed by atoms with E-state index in [1.54, 1.807) is 0 Å². The minimum Gasteiger partial charge on any atom is -0.349 e. The lowest BCUT2D eigenvalue weighted by molar-refractivity contribution is 0.0958. The lowest BCUT2D eigenvalue weighted by Crippen LogP contribution is -2.23. The van der Waals surface area contributed by atoms with E-state index in [0.29, 0.717) is 0 Å². The van der Waals surface area contributed by atoms with Crippen LogP contribution in [-0.4, -0.2) is 20.9 Å². The molecule has 1 rings (SSSR count). The van der Waals surface area contributed by atoms with Crippen LogP contribution >= 0.6 is 11.6 Å². The topological polar surface area (TPSA) is 89.3 Å². The van der Waals surface area contributed by atoms with Gasteiger partial charge in [-0.1, -0.05) is 17.7 Å². The second-order valence-corrected chi connectivity index (χ2v) is 5.22. The van der Waals surface area contributed by atoms with Gasteiger partial charge < -0.3 is 5.32 Å². The minimum absolute atomic E-state index is 0.125. The number of carbonyl (C=O) groups excluding carboxylic acids is 1. The molecule has 0 aromatic heterocycles. The summed E-state index contributed by atoms with van der Waals surface area (Å²) in [5.74, 6) is -0.447. The van der Waals surface area contributed by atoms with E-state index in [9.17, 15) is 13.2 Å². The predicted molar refractivity (Wildman–Crippen MR) is 65.4 cm³/mol. The molecule has 0 aliphatic rings. The van der Waals surface area contributed by atoms with Gasteiger partial charge in [0.1, 0.15) is 0 Å². The molecular weight excluding hydrogens is 264 g/mol. The molecule has 0 radical (unpaired) electrons. The summed E-state index contributed by atoms with van der Waals surface area (Å²) in [5.41, 5.74) is 0.128. The van der Waals surface area contributed by atoms with Gasteiger partial charge in [0.25, 0.3) is 5.91 Å². The van der Waals surface area contributed by atoms with Crippen LogP contribution in [0.25, 0.3) is 0 Å². The average molecular weight is 275 g/mol. The summed E-state index contributed by atoms with van der Waals surface area (Å²) in [7, 11) is -3.89. The summed E-state index contributed by atoms with van der Waals surface area (Å²) in [5, 5.41) is 7.59. The van der Waals surface area contributed by atoms with Gasteiger partial charge in [-0.25, -0.2) is 13.6 Å². The zero-order valence-corrected chi connectivity index (χ0v) is 10.4. The van der Waals surface area contributed by atoms with Crippen molar-refractivity contribution in [3.63, 3.8) is 0 Å². The van der Waals surface area contributed by atoms with Crippen molar-refractivity contribution < 1.29 is 13.2 Å². The Morgan fingerprint density at radius 2 is 2.12 bits per heavy atom. The number of hydrogen-bond acceptors (Lipinski definition) is 3. The summed E-state index contributed by atoms with van der Waals surface area (Å²) >= 11 is 5.71. The second-order valence-electron chi connectivity index (χ2n) is 3.22. The third kappa shape index (κ3) is 3.85. The van der Waals surface area contributed by atoms with Crippen LogP contribution in [0, 0.1) is 0 Å². The molecule has 0 fully saturated rings. The van der Waals surface area contributed by atoms with Crippen LogP contribution < -0.4 is 10.5 Å². The molecule has 0 saturated carbocycles. The molecular formula is C10H11ClN2O3S. The van der Waals surface area contributed by atoms with Crippen molar-refractivity contribution in [2.45, 2.75) is 4.90 Å². The van der Waals surface area contributed by atoms with Gasteiger partial charge in [-0.2, -0.15) is 0 Å². The molecule has 0 aliphatic carbocycles. The van der Waals surface area contributed by atoms with Crippen molar-refractivity contribution in [2.24, 2.45) is 5.14 Å². The predicted octanol–water partition coefficient (Wildman–Crippen LogP) is 0.903. The largest absolute Gasteiger partial charge is 0.349 e. The Balaban J connectivity index is 3.14. The zero-order valence-electron chi connectivity index (χ0n) is 8.81. The van der Waals surface area contributed by atoms with Crippen LogP contribution in [0.2, 0.25) is 5.02 Å². The molecule has 17 heavy (non-hydrogen) atoms. The van der Waals surface area contributed by atoms with E-state index in [1.807, 2.05) is 0 Å². The Kier molecular flexibility index (Phi) is 4.28. The normalized spacial score (nSPS) is 10.9. The summed E-state index contributed by atoms with van der Waals surface area (Å²) < 4.78 is 22.3. The Bertz CT molecular complexity index is 555. The number of rotatable bonds is 4. The van der Waals surface area contributed by atoms with Crippen molar-refractivity contribution in [3.05, 3.63) is 41.4 Å². The first-order valence-electron chi connectivity index (χ1n) is 4.57. The van der Waals surface area contributed by atoms with E-state index in [1.165, 1.54) is 24.3 Å². The highest BCUT2D eigenvalue weighted by molar-refractivity contribution is 7.89. The van der Waals surface area contributed by atoms with Gasteiger partial charge in [0.05, 0.1) is 4.90 Å². The van der Waals surface area contributed by atoms with Gasteiger partial charge in [-0.05, 0) is 18.2 Å². The third-order valence-electron chi connectivity index (χ3n) is 1.87. The number of halogens is 1. The zero-order chi connectivity index (χ0) is 13.1. The number of primary sulfonamides is 1. The highest BCUT2D eigenvalue weighted by Gasteiger charge is 2.13. The van der Waals surface area contributed by atoms with E-state index in [4.69, 9.17) is 16.7 Å². The number of hydrogen-bond donors (Lipinski definition) is 2. The van der Waals surface area contributed by atoms with Crippen molar-refractivity contribution in [3.8, 4) is 0 Å². The molecule has 1 aromatic rings. The van der Waals surface area contributed by atoms with E-state index in [-0.39, 0.29) is 22.0 Å². The number of carbonyl (C=O) groups is 1. The highest BCUT2D eigenvalue weighted by Crippen LogP contribution is 2.18. The maximum atomic E-state index is 11.6. The second kappa shape index (κ2) is 5.31. The minimum atomic E-state index is -3.89. The molecule has 0 aliphatic heterocycles. The van der Waals surface area contributed by atoms with E-state index in [2.05, 4.69) is 11.9 Å². The highest BCUT2D eigenvalue weighted by atomic mass is 35.5. The molecule has 5 nitrogen and oxygen atoms in total. The van der Waals surface area contributed by atoms with Gasteiger partial charge in [-0.15, -0.1) is 6.58 Å². The molecule has 0 bridgehead atoms. The third-order valence-corrected chi connectivity index (χ3v) is 2.98. The van der Waals surface area contributed by atoms with Gasteiger partial charge in [0, 0.05) is 17.1 Å². The molecule has 1 amide bonds. The van der Waals surface area contributed by atoms with Crippen LogP contribution in [-0.2, 0) is 10.0 Å². The first-order chi connectivity index (χ1) is 7.84. The van der Waals surface area contributed by atoms with Gasteiger partial charge in [-0.3, -0.25) is 4.79 Å². The summed E-state index contributed by atoms with van der Waals surface area (Å²) in [6.07, 6.45) is 1.50. The average Bonchev–Trinajstić information content (AvgIpc) is 2.23. The van der Waals surface area contributed by atoms with Gasteiger partial charge in [0.2, 0.25) is 10.0 Å². The number of nitrogens with two attached hydrogens (primary N) is 1. The maximum absolute atomic E-state index is 11.6. The molecule has 3 N–H and O–H groups in total. The summed E-state index contributed by atoms with van der Waals surface area (Å²) in [6.45, 7) is 3.72. The SMILES string of the molecule is C=CCNC(=O)c1cc(Cl)cc(S(N)(=O)=O)c1. The molecule has 1 aromatic carbocycles. The first-order valence-corrected chi connectivity index (χ1v) is 6.49. The van der Waals surface area contributed by atoms with Gasteiger partial charge in [0.15, 0.2) is 0 Å². The Morgan fingerprint density at radius 3 is 2.65 bits per heavy atom. The molecule has 0 saturated heterocycles. The van der Waals surface area contributed by atoms with E-state index in [0.717, 1.165) is 0 Å². The quantitative estimate of drug-likeness (QED) is 0.800.